The van der Waals surface area contributed by atoms with Gasteiger partial charge >= 0.3 is 0 Å². The summed E-state index contributed by atoms with van der Waals surface area (Å²) in [5, 5.41) is 0. The fraction of sp³-hybridized carbons (Fsp3) is 0.148. The molecule has 6 heteroatoms. The molecule has 0 aliphatic heterocycles. The molecule has 0 fully saturated rings. The first-order chi connectivity index (χ1) is 28.7. The molecule has 298 valence electrons. The Morgan fingerprint density at radius 3 is 0.833 bits per heavy atom. The van der Waals surface area contributed by atoms with Gasteiger partial charge in [-0.2, -0.15) is 0 Å². The molecule has 0 radical (unpaired) electrons. The summed E-state index contributed by atoms with van der Waals surface area (Å²) in [5.41, 5.74) is 6.56. The lowest BCUT2D eigenvalue weighted by Gasteiger charge is -2.27. The second kappa shape index (κ2) is 17.1. The molecule has 0 bridgehead atoms. The summed E-state index contributed by atoms with van der Waals surface area (Å²) in [5.74, 6) is 3.54. The number of para-hydroxylation sites is 2. The molecule has 7 aromatic carbocycles. The van der Waals surface area contributed by atoms with Crippen molar-refractivity contribution in [2.24, 2.45) is 0 Å². The van der Waals surface area contributed by atoms with Crippen molar-refractivity contribution in [2.45, 2.75) is 52.4 Å². The van der Waals surface area contributed by atoms with Gasteiger partial charge in [0.15, 0.2) is 23.3 Å². The molecule has 2 nitrogen and oxygen atoms in total. The number of rotatable bonds is 6. The number of halogens is 4. The SMILES string of the molecule is CC(C)(C)c1ccc(N(c2ccccc2)c2ccc(C#Cc3c(F)c(F)c(C#Cc4ccc(N(c5ccccc5)c5ccc(C(C)(C)C)cc5)cc4)c(F)c3F)cc2)cc1. The Hall–Kier alpha value is -7.02. The Morgan fingerprint density at radius 1 is 0.317 bits per heavy atom. The van der Waals surface area contributed by atoms with Crippen LogP contribution in [0.3, 0.4) is 0 Å². The van der Waals surface area contributed by atoms with Crippen molar-refractivity contribution < 1.29 is 17.6 Å². The molecule has 0 aliphatic rings. The monoisotopic (exact) mass is 796 g/mol. The van der Waals surface area contributed by atoms with Crippen LogP contribution in [0.4, 0.5) is 51.7 Å². The summed E-state index contributed by atoms with van der Waals surface area (Å²) in [6.07, 6.45) is 0. The summed E-state index contributed by atoms with van der Waals surface area (Å²) in [7, 11) is 0. The van der Waals surface area contributed by atoms with E-state index in [2.05, 4.69) is 124 Å². The van der Waals surface area contributed by atoms with E-state index < -0.39 is 34.4 Å². The van der Waals surface area contributed by atoms with Crippen LogP contribution in [0, 0.1) is 47.0 Å². The maximum atomic E-state index is 15.4. The lowest BCUT2D eigenvalue weighted by molar-refractivity contribution is 0.447. The fourth-order valence-electron chi connectivity index (χ4n) is 6.78. The molecule has 60 heavy (non-hydrogen) atoms. The van der Waals surface area contributed by atoms with Crippen LogP contribution in [0.5, 0.6) is 0 Å². The lowest BCUT2D eigenvalue weighted by Crippen LogP contribution is -2.13. The molecule has 0 heterocycles. The predicted molar refractivity (Wildman–Crippen MR) is 238 cm³/mol. The number of nitrogens with zero attached hydrogens (tertiary/aromatic N) is 2. The van der Waals surface area contributed by atoms with Gasteiger partial charge in [0.2, 0.25) is 0 Å². The Balaban J connectivity index is 1.13. The maximum absolute atomic E-state index is 15.4. The van der Waals surface area contributed by atoms with Crippen molar-refractivity contribution in [2.75, 3.05) is 9.80 Å². The van der Waals surface area contributed by atoms with Crippen LogP contribution in [-0.2, 0) is 10.8 Å². The van der Waals surface area contributed by atoms with Gasteiger partial charge in [0.1, 0.15) is 11.1 Å². The van der Waals surface area contributed by atoms with Crippen LogP contribution >= 0.6 is 0 Å². The van der Waals surface area contributed by atoms with Gasteiger partial charge < -0.3 is 9.80 Å². The van der Waals surface area contributed by atoms with Crippen molar-refractivity contribution in [1.29, 1.82) is 0 Å². The predicted octanol–water partition coefficient (Wildman–Crippen LogP) is 14.6. The Kier molecular flexibility index (Phi) is 11.7. The molecule has 0 saturated heterocycles. The highest BCUT2D eigenvalue weighted by atomic mass is 19.2. The Labute approximate surface area is 350 Å². The third-order valence-corrected chi connectivity index (χ3v) is 10.2. The average Bonchev–Trinajstić information content (AvgIpc) is 3.25. The number of hydrogen-bond donors (Lipinski definition) is 0. The second-order valence-electron chi connectivity index (χ2n) is 16.5. The van der Waals surface area contributed by atoms with E-state index in [1.54, 1.807) is 24.3 Å². The third-order valence-electron chi connectivity index (χ3n) is 10.2. The Morgan fingerprint density at radius 2 is 0.567 bits per heavy atom. The first kappa shape index (κ1) is 41.2. The van der Waals surface area contributed by atoms with E-state index in [1.807, 2.05) is 84.9 Å². The first-order valence-electron chi connectivity index (χ1n) is 19.7. The number of hydrogen-bond acceptors (Lipinski definition) is 2. The molecule has 7 rings (SSSR count). The summed E-state index contributed by atoms with van der Waals surface area (Å²) in [6.45, 7) is 13.0. The number of anilines is 6. The van der Waals surface area contributed by atoms with Crippen molar-refractivity contribution >= 4 is 34.1 Å². The van der Waals surface area contributed by atoms with Gasteiger partial charge in [-0.15, -0.1) is 0 Å². The topological polar surface area (TPSA) is 6.48 Å². The summed E-state index contributed by atoms with van der Waals surface area (Å²) < 4.78 is 61.5. The second-order valence-corrected chi connectivity index (χ2v) is 16.5. The number of benzene rings is 7. The van der Waals surface area contributed by atoms with E-state index in [4.69, 9.17) is 0 Å². The van der Waals surface area contributed by atoms with Gasteiger partial charge in [-0.1, -0.05) is 126 Å². The molecule has 7 aromatic rings. The van der Waals surface area contributed by atoms with Crippen molar-refractivity contribution in [3.63, 3.8) is 0 Å². The largest absolute Gasteiger partial charge is 0.311 e. The highest BCUT2D eigenvalue weighted by Crippen LogP contribution is 2.37. The van der Waals surface area contributed by atoms with E-state index >= 15 is 17.6 Å². The van der Waals surface area contributed by atoms with Gasteiger partial charge in [0.25, 0.3) is 0 Å². The highest BCUT2D eigenvalue weighted by Gasteiger charge is 2.24. The molecule has 0 atom stereocenters. The molecule has 0 N–H and O–H groups in total. The molecular formula is C54H44F4N2. The molecule has 0 spiro atoms. The normalized spacial score (nSPS) is 11.2. The van der Waals surface area contributed by atoms with E-state index in [1.165, 1.54) is 11.1 Å². The van der Waals surface area contributed by atoms with E-state index in [0.29, 0.717) is 11.1 Å². The van der Waals surface area contributed by atoms with Gasteiger partial charge in [-0.25, -0.2) is 17.6 Å². The highest BCUT2D eigenvalue weighted by molar-refractivity contribution is 5.78. The zero-order chi connectivity index (χ0) is 42.6. The summed E-state index contributed by atoms with van der Waals surface area (Å²) >= 11 is 0. The molecule has 0 aliphatic carbocycles. The zero-order valence-corrected chi connectivity index (χ0v) is 34.4. The zero-order valence-electron chi connectivity index (χ0n) is 34.4. The average molecular weight is 797 g/mol. The molecule has 0 aromatic heterocycles. The van der Waals surface area contributed by atoms with Crippen LogP contribution in [0.1, 0.15) is 74.9 Å². The van der Waals surface area contributed by atoms with E-state index in [0.717, 1.165) is 34.1 Å². The van der Waals surface area contributed by atoms with Crippen LogP contribution in [-0.4, -0.2) is 0 Å². The lowest BCUT2D eigenvalue weighted by atomic mass is 9.87. The molecule has 0 saturated carbocycles. The molecule has 0 unspecified atom stereocenters. The Bertz CT molecular complexity index is 2500. The minimum atomic E-state index is -1.61. The van der Waals surface area contributed by atoms with Crippen LogP contribution in [0.2, 0.25) is 0 Å². The maximum Gasteiger partial charge on any atom is 0.178 e. The van der Waals surface area contributed by atoms with Crippen molar-refractivity contribution in [3.8, 4) is 23.7 Å². The van der Waals surface area contributed by atoms with Gasteiger partial charge in [0, 0.05) is 45.3 Å². The van der Waals surface area contributed by atoms with Crippen molar-refractivity contribution in [1.82, 2.24) is 0 Å². The smallest absolute Gasteiger partial charge is 0.178 e. The summed E-state index contributed by atoms with van der Waals surface area (Å²) in [4.78, 5) is 4.15. The van der Waals surface area contributed by atoms with Gasteiger partial charge in [-0.05, 0) is 119 Å². The van der Waals surface area contributed by atoms with Gasteiger partial charge in [-0.3, -0.25) is 0 Å². The van der Waals surface area contributed by atoms with Crippen LogP contribution < -0.4 is 9.80 Å². The minimum Gasteiger partial charge on any atom is -0.311 e. The fourth-order valence-corrected chi connectivity index (χ4v) is 6.78. The van der Waals surface area contributed by atoms with Crippen LogP contribution in [0.25, 0.3) is 0 Å². The van der Waals surface area contributed by atoms with Crippen molar-refractivity contribution in [3.05, 3.63) is 214 Å². The van der Waals surface area contributed by atoms with Gasteiger partial charge in [0.05, 0.1) is 0 Å². The first-order valence-corrected chi connectivity index (χ1v) is 19.7. The van der Waals surface area contributed by atoms with Crippen LogP contribution in [0.15, 0.2) is 158 Å². The van der Waals surface area contributed by atoms with E-state index in [-0.39, 0.29) is 10.8 Å². The summed E-state index contributed by atoms with van der Waals surface area (Å²) in [6, 6.07) is 50.5. The third kappa shape index (κ3) is 9.00. The van der Waals surface area contributed by atoms with E-state index in [9.17, 15) is 0 Å². The quantitative estimate of drug-likeness (QED) is 0.0940. The minimum absolute atomic E-state index is 0.00469. The molecule has 0 amide bonds. The standard InChI is InChI=1S/C54H44F4N2/c1-53(2,3)39-23-31-45(32-24-39)59(41-13-9-7-10-14-41)43-27-17-37(18-28-43)21-35-47-49(55)51(57)48(52(58)50(47)56)36-22-38-19-29-44(30-20-38)60(42-15-11-8-12-16-42)46-33-25-40(26-34-46)54(4,5)6/h7-20,23-34H,1-6H3. The molecular weight excluding hydrogens is 753 g/mol.